The first-order valence-electron chi connectivity index (χ1n) is 10.8. The number of ether oxygens (including phenoxy) is 1. The van der Waals surface area contributed by atoms with Gasteiger partial charge in [0, 0.05) is 17.2 Å². The average molecular weight is 505 g/mol. The summed E-state index contributed by atoms with van der Waals surface area (Å²) in [6.07, 6.45) is -10.5. The molecule has 3 rings (SSSR count). The normalized spacial score (nSPS) is 15.5. The number of furan rings is 1. The topological polar surface area (TPSA) is 71.7 Å². The molecule has 0 bridgehead atoms. The molecule has 3 aromatic rings. The molecule has 2 N–H and O–H groups in total. The van der Waals surface area contributed by atoms with Crippen LogP contribution >= 0.6 is 0 Å². The third kappa shape index (κ3) is 6.26. The van der Waals surface area contributed by atoms with Gasteiger partial charge < -0.3 is 14.3 Å². The summed E-state index contributed by atoms with van der Waals surface area (Å²) in [4.78, 5) is 12.3. The lowest BCUT2D eigenvalue weighted by Gasteiger charge is -2.29. The van der Waals surface area contributed by atoms with Crippen molar-refractivity contribution < 1.29 is 45.4 Å². The van der Waals surface area contributed by atoms with Gasteiger partial charge in [-0.2, -0.15) is 13.2 Å². The van der Waals surface area contributed by atoms with Crippen LogP contribution in [-0.4, -0.2) is 42.0 Å². The lowest BCUT2D eigenvalue weighted by atomic mass is 9.97. The van der Waals surface area contributed by atoms with Crippen molar-refractivity contribution in [1.29, 1.82) is 0 Å². The van der Waals surface area contributed by atoms with Crippen LogP contribution in [0.1, 0.15) is 50.5 Å². The Bertz CT molecular complexity index is 1180. The number of alkyl halides is 6. The molecule has 35 heavy (non-hydrogen) atoms. The second-order valence-corrected chi connectivity index (χ2v) is 8.76. The number of fused-ring (bicyclic) bond motifs is 3. The molecule has 2 aromatic carbocycles. The second kappa shape index (κ2) is 10.1. The number of carbonyl (C=O) groups is 1. The van der Waals surface area contributed by atoms with Gasteiger partial charge in [-0.15, -0.1) is 0 Å². The van der Waals surface area contributed by atoms with Crippen molar-refractivity contribution in [2.45, 2.75) is 63.7 Å². The van der Waals surface area contributed by atoms with Crippen molar-refractivity contribution in [3.63, 3.8) is 0 Å². The molecule has 3 unspecified atom stereocenters. The first-order chi connectivity index (χ1) is 16.2. The predicted octanol–water partition coefficient (Wildman–Crippen LogP) is 6.15. The quantitative estimate of drug-likeness (QED) is 0.270. The van der Waals surface area contributed by atoms with Crippen LogP contribution in [0, 0.1) is 0 Å². The van der Waals surface area contributed by atoms with Crippen molar-refractivity contribution in [3.8, 4) is 0 Å². The maximum absolute atomic E-state index is 14.2. The van der Waals surface area contributed by atoms with Crippen LogP contribution in [-0.2, 0) is 9.53 Å². The van der Waals surface area contributed by atoms with E-state index in [9.17, 15) is 36.2 Å². The summed E-state index contributed by atoms with van der Waals surface area (Å²) in [5.74, 6) is -1.01. The van der Waals surface area contributed by atoms with Gasteiger partial charge >= 0.3 is 12.1 Å². The van der Waals surface area contributed by atoms with Crippen molar-refractivity contribution in [3.05, 3.63) is 47.5 Å². The van der Waals surface area contributed by atoms with E-state index in [1.807, 2.05) is 0 Å². The largest absolute Gasteiger partial charge is 0.465 e. The maximum Gasteiger partial charge on any atom is 0.407 e. The fraction of sp³-hybridized carbons (Fsp3) is 0.458. The van der Waals surface area contributed by atoms with Crippen molar-refractivity contribution in [2.24, 2.45) is 0 Å². The predicted molar refractivity (Wildman–Crippen MR) is 117 cm³/mol. The van der Waals surface area contributed by atoms with Gasteiger partial charge in [0.2, 0.25) is 0 Å². The molecule has 1 aromatic heterocycles. The number of nitrogens with one attached hydrogen (secondary N) is 1. The van der Waals surface area contributed by atoms with E-state index >= 15 is 0 Å². The first-order valence-corrected chi connectivity index (χ1v) is 10.8. The lowest BCUT2D eigenvalue weighted by molar-refractivity contribution is -0.165. The molecule has 0 aliphatic rings. The zero-order chi connectivity index (χ0) is 26.1. The summed E-state index contributed by atoms with van der Waals surface area (Å²) in [6.45, 7) is 3.68. The molecule has 192 valence electrons. The number of hydrogen-bond donors (Lipinski definition) is 2. The van der Waals surface area contributed by atoms with Crippen molar-refractivity contribution >= 4 is 27.9 Å². The Morgan fingerprint density at radius 3 is 2.26 bits per heavy atom. The van der Waals surface area contributed by atoms with E-state index in [1.165, 1.54) is 31.2 Å². The number of rotatable bonds is 9. The zero-order valence-corrected chi connectivity index (χ0v) is 19.1. The zero-order valence-electron chi connectivity index (χ0n) is 19.1. The molecule has 5 nitrogen and oxygen atoms in total. The summed E-state index contributed by atoms with van der Waals surface area (Å²) >= 11 is 0. The maximum atomic E-state index is 14.2. The summed E-state index contributed by atoms with van der Waals surface area (Å²) in [5.41, 5.74) is -2.06. The molecular formula is C24H25F6NO4. The molecule has 0 saturated carbocycles. The van der Waals surface area contributed by atoms with Crippen LogP contribution in [0.15, 0.2) is 40.8 Å². The Morgan fingerprint density at radius 1 is 1.03 bits per heavy atom. The van der Waals surface area contributed by atoms with Crippen LogP contribution in [0.3, 0.4) is 0 Å². The molecule has 0 aliphatic carbocycles. The monoisotopic (exact) mass is 505 g/mol. The smallest absolute Gasteiger partial charge is 0.407 e. The van der Waals surface area contributed by atoms with Crippen LogP contribution < -0.4 is 5.32 Å². The molecule has 11 heteroatoms. The third-order valence-electron chi connectivity index (χ3n) is 5.39. The second-order valence-electron chi connectivity index (χ2n) is 8.76. The fourth-order valence-electron chi connectivity index (χ4n) is 3.84. The molecule has 0 amide bonds. The van der Waals surface area contributed by atoms with Crippen LogP contribution in [0.25, 0.3) is 21.9 Å². The summed E-state index contributed by atoms with van der Waals surface area (Å²) in [5, 5.41) is 12.5. The molecule has 3 atom stereocenters. The van der Waals surface area contributed by atoms with Gasteiger partial charge in [0.25, 0.3) is 6.43 Å². The highest BCUT2D eigenvalue weighted by Gasteiger charge is 2.44. The third-order valence-corrected chi connectivity index (χ3v) is 5.39. The number of halogens is 6. The van der Waals surface area contributed by atoms with Gasteiger partial charge in [-0.25, -0.2) is 13.2 Å². The molecule has 0 saturated heterocycles. The van der Waals surface area contributed by atoms with Gasteiger partial charge in [-0.3, -0.25) is 10.1 Å². The van der Waals surface area contributed by atoms with E-state index in [1.54, 1.807) is 0 Å². The van der Waals surface area contributed by atoms with Gasteiger partial charge in [-0.1, -0.05) is 18.2 Å². The highest BCUT2D eigenvalue weighted by Crippen LogP contribution is 2.38. The molecule has 0 spiro atoms. The SMILES string of the molecule is CCOC(=O)C(CC(C)(C)F)NC(c1ccc2c(c1)oc1ccc(C(O)C(F)F)cc12)C(F)(F)F. The number of benzene rings is 2. The summed E-state index contributed by atoms with van der Waals surface area (Å²) in [7, 11) is 0. The summed E-state index contributed by atoms with van der Waals surface area (Å²) in [6, 6.07) is 3.54. The fourth-order valence-corrected chi connectivity index (χ4v) is 3.84. The van der Waals surface area contributed by atoms with Crippen molar-refractivity contribution in [1.82, 2.24) is 5.32 Å². The first kappa shape index (κ1) is 26.8. The van der Waals surface area contributed by atoms with E-state index in [-0.39, 0.29) is 28.9 Å². The highest BCUT2D eigenvalue weighted by atomic mass is 19.4. The van der Waals surface area contributed by atoms with Crippen LogP contribution in [0.2, 0.25) is 0 Å². The average Bonchev–Trinajstić information content (AvgIpc) is 3.11. The van der Waals surface area contributed by atoms with Crippen LogP contribution in [0.5, 0.6) is 0 Å². The van der Waals surface area contributed by atoms with E-state index in [0.717, 1.165) is 26.0 Å². The molecule has 0 fully saturated rings. The molecular weight excluding hydrogens is 480 g/mol. The van der Waals surface area contributed by atoms with E-state index in [2.05, 4.69) is 5.32 Å². The van der Waals surface area contributed by atoms with Crippen molar-refractivity contribution in [2.75, 3.05) is 6.61 Å². The number of carbonyl (C=O) groups excluding carboxylic acids is 1. The Morgan fingerprint density at radius 2 is 1.69 bits per heavy atom. The number of esters is 1. The number of hydrogen-bond acceptors (Lipinski definition) is 5. The number of aliphatic hydroxyl groups excluding tert-OH is 1. The Hall–Kier alpha value is -2.79. The lowest BCUT2D eigenvalue weighted by Crippen LogP contribution is -2.47. The van der Waals surface area contributed by atoms with Gasteiger partial charge in [-0.05, 0) is 50.1 Å². The Kier molecular flexibility index (Phi) is 7.71. The summed E-state index contributed by atoms with van der Waals surface area (Å²) < 4.78 is 92.5. The Balaban J connectivity index is 2.03. The van der Waals surface area contributed by atoms with Gasteiger partial charge in [0.1, 0.15) is 35.0 Å². The van der Waals surface area contributed by atoms with E-state index < -0.39 is 48.8 Å². The number of aliphatic hydroxyl groups is 1. The van der Waals surface area contributed by atoms with E-state index in [0.29, 0.717) is 10.8 Å². The molecule has 0 aliphatic heterocycles. The Labute approximate surface area is 197 Å². The van der Waals surface area contributed by atoms with Gasteiger partial charge in [0.15, 0.2) is 0 Å². The minimum absolute atomic E-state index is 0.0377. The molecule has 0 radical (unpaired) electrons. The molecule has 1 heterocycles. The minimum Gasteiger partial charge on any atom is -0.465 e. The highest BCUT2D eigenvalue weighted by molar-refractivity contribution is 6.05. The standard InChI is InChI=1S/C24H25F6NO4/c1-4-34-22(33)16(11-23(2,3)27)31-20(24(28,29)30)13-5-7-14-15-9-12(19(32)21(25)26)6-8-17(15)35-18(14)10-13/h5-10,16,19-21,31-32H,4,11H2,1-3H3. The van der Waals surface area contributed by atoms with E-state index in [4.69, 9.17) is 9.15 Å². The van der Waals surface area contributed by atoms with Crippen LogP contribution in [0.4, 0.5) is 26.3 Å². The van der Waals surface area contributed by atoms with Gasteiger partial charge in [0.05, 0.1) is 6.61 Å². The minimum atomic E-state index is -4.86.